The topological polar surface area (TPSA) is 140 Å². The molecule has 0 aromatic rings. The maximum absolute atomic E-state index is 12.0. The molecule has 0 bridgehead atoms. The maximum atomic E-state index is 12.0. The molecule has 4 aliphatic carbocycles. The third-order valence-corrected chi connectivity index (χ3v) is 13.9. The van der Waals surface area contributed by atoms with Crippen molar-refractivity contribution in [1.29, 1.82) is 0 Å². The van der Waals surface area contributed by atoms with Crippen LogP contribution in [0.4, 0.5) is 0 Å². The Bertz CT molecular complexity index is 1110. The molecule has 5 aliphatic rings. The predicted octanol–water partition coefficient (Wildman–Crippen LogP) is 4.10. The van der Waals surface area contributed by atoms with E-state index in [9.17, 15) is 30.6 Å². The number of aliphatic hydroxyl groups excluding tert-OH is 6. The van der Waals surface area contributed by atoms with Crippen LogP contribution in [0.25, 0.3) is 0 Å². The van der Waals surface area contributed by atoms with Gasteiger partial charge in [-0.2, -0.15) is 0 Å². The van der Waals surface area contributed by atoms with Crippen LogP contribution in [0.5, 0.6) is 0 Å². The van der Waals surface area contributed by atoms with Gasteiger partial charge in [0, 0.05) is 0 Å². The van der Waals surface area contributed by atoms with Crippen LogP contribution in [-0.4, -0.2) is 86.3 Å². The Morgan fingerprint density at radius 2 is 1.55 bits per heavy atom. The molecule has 44 heavy (non-hydrogen) atoms. The van der Waals surface area contributed by atoms with Gasteiger partial charge in [-0.15, -0.1) is 0 Å². The summed E-state index contributed by atoms with van der Waals surface area (Å²) in [5.74, 6) is 0.506. The van der Waals surface area contributed by atoms with Crippen LogP contribution in [0.2, 0.25) is 0 Å². The molecule has 1 heterocycles. The van der Waals surface area contributed by atoms with Gasteiger partial charge in [0.2, 0.25) is 0 Å². The van der Waals surface area contributed by atoms with Crippen LogP contribution in [0.15, 0.2) is 23.3 Å². The Hall–Kier alpha value is -0.840. The number of ether oxygens (including phenoxy) is 2. The SMILES string of the molecule is CC(C)=CC/C=C(\C)[C@H]1CC[C@]2(C)[C@@H]1[C@H](O)C[C@@H]1[C@@]3(C)CC[C@H](O)C(C)(C)[C@@H]3[C@@H](O[C@@H]3O[C@H](CO)[C@@H](O)[C@@H](O)[C@@H]3O)C[C@]12C. The van der Waals surface area contributed by atoms with E-state index in [1.165, 1.54) is 11.1 Å². The first-order valence-corrected chi connectivity index (χ1v) is 17.1. The first-order chi connectivity index (χ1) is 20.4. The first-order valence-electron chi connectivity index (χ1n) is 17.1. The number of allylic oxidation sites excluding steroid dienone is 4. The highest BCUT2D eigenvalue weighted by atomic mass is 16.7. The third-order valence-electron chi connectivity index (χ3n) is 13.9. The van der Waals surface area contributed by atoms with Crippen LogP contribution in [0.1, 0.15) is 100 Å². The number of rotatable bonds is 6. The summed E-state index contributed by atoms with van der Waals surface area (Å²) in [7, 11) is 0. The molecular formula is C36H60O8. The van der Waals surface area contributed by atoms with Crippen molar-refractivity contribution in [2.45, 2.75) is 149 Å². The minimum atomic E-state index is -1.52. The lowest BCUT2D eigenvalue weighted by Gasteiger charge is -2.72. The summed E-state index contributed by atoms with van der Waals surface area (Å²) in [4.78, 5) is 0. The largest absolute Gasteiger partial charge is 0.394 e. The van der Waals surface area contributed by atoms with Gasteiger partial charge in [0.1, 0.15) is 24.4 Å². The van der Waals surface area contributed by atoms with E-state index in [1.54, 1.807) is 0 Å². The first kappa shape index (κ1) is 34.5. The number of hydrogen-bond donors (Lipinski definition) is 6. The molecule has 1 saturated heterocycles. The molecule has 0 amide bonds. The molecule has 8 nitrogen and oxygen atoms in total. The highest BCUT2D eigenvalue weighted by Crippen LogP contribution is 2.76. The lowest BCUT2D eigenvalue weighted by Crippen LogP contribution is -2.70. The Kier molecular flexibility index (Phi) is 9.40. The zero-order valence-electron chi connectivity index (χ0n) is 28.2. The number of aliphatic hydroxyl groups is 6. The predicted molar refractivity (Wildman–Crippen MR) is 168 cm³/mol. The highest BCUT2D eigenvalue weighted by molar-refractivity contribution is 5.24. The Morgan fingerprint density at radius 1 is 0.864 bits per heavy atom. The quantitative estimate of drug-likeness (QED) is 0.193. The molecule has 1 aliphatic heterocycles. The van der Waals surface area contributed by atoms with Crippen LogP contribution < -0.4 is 0 Å². The fourth-order valence-electron chi connectivity index (χ4n) is 11.5. The molecule has 0 radical (unpaired) electrons. The number of fused-ring (bicyclic) bond motifs is 5. The van der Waals surface area contributed by atoms with Crippen molar-refractivity contribution in [3.05, 3.63) is 23.3 Å². The van der Waals surface area contributed by atoms with Crippen LogP contribution >= 0.6 is 0 Å². The maximum Gasteiger partial charge on any atom is 0.186 e. The molecule has 252 valence electrons. The summed E-state index contributed by atoms with van der Waals surface area (Å²) in [5, 5.41) is 65.2. The average molecular weight is 621 g/mol. The van der Waals surface area contributed by atoms with E-state index >= 15 is 0 Å². The van der Waals surface area contributed by atoms with Crippen molar-refractivity contribution in [1.82, 2.24) is 0 Å². The molecule has 15 atom stereocenters. The van der Waals surface area contributed by atoms with Gasteiger partial charge in [0.15, 0.2) is 6.29 Å². The zero-order valence-corrected chi connectivity index (χ0v) is 28.2. The highest BCUT2D eigenvalue weighted by Gasteiger charge is 2.72. The Morgan fingerprint density at radius 3 is 2.18 bits per heavy atom. The van der Waals surface area contributed by atoms with Gasteiger partial charge in [-0.25, -0.2) is 0 Å². The molecule has 0 aromatic carbocycles. The van der Waals surface area contributed by atoms with Gasteiger partial charge in [0.05, 0.1) is 24.9 Å². The summed E-state index contributed by atoms with van der Waals surface area (Å²) in [6.45, 7) is 17.2. The fraction of sp³-hybridized carbons (Fsp3) is 0.889. The van der Waals surface area contributed by atoms with E-state index < -0.39 is 61.0 Å². The van der Waals surface area contributed by atoms with Crippen molar-refractivity contribution in [2.24, 2.45) is 45.3 Å². The van der Waals surface area contributed by atoms with Gasteiger partial charge in [-0.3, -0.25) is 0 Å². The monoisotopic (exact) mass is 620 g/mol. The van der Waals surface area contributed by atoms with Crippen molar-refractivity contribution in [3.8, 4) is 0 Å². The second-order valence-corrected chi connectivity index (χ2v) is 16.8. The summed E-state index contributed by atoms with van der Waals surface area (Å²) in [5.41, 5.74) is 1.49. The summed E-state index contributed by atoms with van der Waals surface area (Å²) < 4.78 is 12.6. The van der Waals surface area contributed by atoms with Gasteiger partial charge < -0.3 is 40.1 Å². The Labute approximate surface area is 264 Å². The van der Waals surface area contributed by atoms with Crippen molar-refractivity contribution in [3.63, 3.8) is 0 Å². The lowest BCUT2D eigenvalue weighted by molar-refractivity contribution is -0.346. The van der Waals surface area contributed by atoms with Crippen molar-refractivity contribution < 1.29 is 40.1 Å². The summed E-state index contributed by atoms with van der Waals surface area (Å²) in [6.07, 6.45) is 2.23. The van der Waals surface area contributed by atoms with E-state index in [1.807, 2.05) is 0 Å². The lowest BCUT2D eigenvalue weighted by atomic mass is 9.34. The van der Waals surface area contributed by atoms with Gasteiger partial charge in [-0.05, 0) is 111 Å². The summed E-state index contributed by atoms with van der Waals surface area (Å²) in [6, 6.07) is 0. The average Bonchev–Trinajstić information content (AvgIpc) is 3.32. The van der Waals surface area contributed by atoms with Gasteiger partial charge in [0.25, 0.3) is 0 Å². The molecule has 5 rings (SSSR count). The van der Waals surface area contributed by atoms with Crippen molar-refractivity contribution in [2.75, 3.05) is 6.61 Å². The molecule has 0 spiro atoms. The molecule has 0 unspecified atom stereocenters. The standard InChI is InChI=1S/C36H60O8/c1-19(2)10-9-11-20(3)21-12-15-35(7)27(21)22(38)16-25-34(6)14-13-26(39)33(4,5)31(34)23(17-36(25,35)8)43-32-30(42)29(41)28(40)24(18-37)44-32/h10-11,21-32,37-42H,9,12-18H2,1-8H3/b20-11+/t21-,22-,23+,24-,25-,26+,27+,28-,29-,30+,31+,32-,34-,35-,36-/m1/s1. The van der Waals surface area contributed by atoms with E-state index in [0.29, 0.717) is 25.2 Å². The second kappa shape index (κ2) is 12.0. The van der Waals surface area contributed by atoms with Gasteiger partial charge in [-0.1, -0.05) is 57.9 Å². The third kappa shape index (κ3) is 5.18. The molecule has 4 saturated carbocycles. The minimum Gasteiger partial charge on any atom is -0.394 e. The van der Waals surface area contributed by atoms with Crippen LogP contribution in [-0.2, 0) is 9.47 Å². The van der Waals surface area contributed by atoms with Crippen molar-refractivity contribution >= 4 is 0 Å². The minimum absolute atomic E-state index is 0.112. The normalized spacial score (nSPS) is 52.1. The molecule has 0 aromatic heterocycles. The van der Waals surface area contributed by atoms with E-state index in [4.69, 9.17) is 9.47 Å². The number of hydrogen-bond acceptors (Lipinski definition) is 8. The van der Waals surface area contributed by atoms with Gasteiger partial charge >= 0.3 is 0 Å². The Balaban J connectivity index is 1.55. The molecular weight excluding hydrogens is 560 g/mol. The van der Waals surface area contributed by atoms with E-state index in [2.05, 4.69) is 67.5 Å². The van der Waals surface area contributed by atoms with Crippen LogP contribution in [0, 0.1) is 45.3 Å². The van der Waals surface area contributed by atoms with E-state index in [0.717, 1.165) is 25.7 Å². The molecule has 8 heteroatoms. The van der Waals surface area contributed by atoms with Crippen LogP contribution in [0.3, 0.4) is 0 Å². The molecule has 6 N–H and O–H groups in total. The zero-order chi connectivity index (χ0) is 32.6. The van der Waals surface area contributed by atoms with E-state index in [-0.39, 0.29) is 34.0 Å². The molecule has 5 fully saturated rings. The second-order valence-electron chi connectivity index (χ2n) is 16.8. The summed E-state index contributed by atoms with van der Waals surface area (Å²) >= 11 is 0. The fourth-order valence-corrected chi connectivity index (χ4v) is 11.5. The smallest absolute Gasteiger partial charge is 0.186 e.